The predicted octanol–water partition coefficient (Wildman–Crippen LogP) is 5.43. The number of H-pyrrole nitrogens is 1. The summed E-state index contributed by atoms with van der Waals surface area (Å²) in [7, 11) is 0. The van der Waals surface area contributed by atoms with Gasteiger partial charge in [-0.1, -0.05) is 6.07 Å². The van der Waals surface area contributed by atoms with Gasteiger partial charge >= 0.3 is 11.9 Å². The molecule has 4 aromatic rings. The van der Waals surface area contributed by atoms with Gasteiger partial charge in [-0.05, 0) is 49.2 Å². The highest BCUT2D eigenvalue weighted by Crippen LogP contribution is 2.42. The Labute approximate surface area is 171 Å². The maximum absolute atomic E-state index is 13.6. The fraction of sp³-hybridized carbons (Fsp3) is 0.190. The zero-order valence-electron chi connectivity index (χ0n) is 15.8. The number of aryl methyl sites for hydroxylation is 1. The van der Waals surface area contributed by atoms with Crippen molar-refractivity contribution in [1.82, 2.24) is 4.98 Å². The van der Waals surface area contributed by atoms with E-state index >= 15 is 0 Å². The number of fused-ring (bicyclic) bond motifs is 3. The monoisotopic (exact) mass is 429 g/mol. The number of rotatable bonds is 1. The standard InChI is InChI=1S/C21H14F3N3O2S/c1-9-6-11-7-14-15(29-20(28)25-14)8-12(11)18(27-26-9)19-10(2)17-13(21(22,23)24)4-3-5-16(17)30-19/h3-5,7-8H,6H2,1-2H3,(H,25,28). The first kappa shape index (κ1) is 18.8. The molecular formula is C21H14F3N3O2S. The molecular weight excluding hydrogens is 415 g/mol. The van der Waals surface area contributed by atoms with Crippen LogP contribution in [0.15, 0.2) is 49.7 Å². The van der Waals surface area contributed by atoms with Crippen LogP contribution in [0.1, 0.15) is 34.1 Å². The highest BCUT2D eigenvalue weighted by molar-refractivity contribution is 7.21. The lowest BCUT2D eigenvalue weighted by Gasteiger charge is -2.10. The number of thiophene rings is 1. The highest BCUT2D eigenvalue weighted by atomic mass is 32.1. The molecule has 0 spiro atoms. The number of nitrogens with one attached hydrogen (secondary N) is 1. The third-order valence-electron chi connectivity index (χ3n) is 5.14. The van der Waals surface area contributed by atoms with Gasteiger partial charge in [0.15, 0.2) is 5.58 Å². The summed E-state index contributed by atoms with van der Waals surface area (Å²) in [6.07, 6.45) is -3.95. The SMILES string of the molecule is CC1=NN=C(c2sc3cccc(C(F)(F)F)c3c2C)c2cc3oc(=O)[nH]c3cc2C1. The molecule has 0 atom stereocenters. The van der Waals surface area contributed by atoms with Gasteiger partial charge in [-0.2, -0.15) is 18.3 Å². The number of oxazole rings is 1. The van der Waals surface area contributed by atoms with Gasteiger partial charge in [-0.25, -0.2) is 4.79 Å². The molecule has 0 fully saturated rings. The summed E-state index contributed by atoms with van der Waals surface area (Å²) in [4.78, 5) is 14.9. The molecule has 5 nitrogen and oxygen atoms in total. The third-order valence-corrected chi connectivity index (χ3v) is 6.41. The molecule has 0 aliphatic carbocycles. The Morgan fingerprint density at radius 1 is 1.17 bits per heavy atom. The predicted molar refractivity (Wildman–Crippen MR) is 111 cm³/mol. The second-order valence-corrected chi connectivity index (χ2v) is 8.27. The number of aromatic amines is 1. The van der Waals surface area contributed by atoms with Crippen LogP contribution in [-0.4, -0.2) is 16.4 Å². The normalized spacial score (nSPS) is 14.6. The summed E-state index contributed by atoms with van der Waals surface area (Å²) >= 11 is 1.25. The molecule has 1 N–H and O–H groups in total. The van der Waals surface area contributed by atoms with E-state index in [0.29, 0.717) is 43.9 Å². The van der Waals surface area contributed by atoms with Crippen molar-refractivity contribution in [3.8, 4) is 0 Å². The molecule has 0 bridgehead atoms. The summed E-state index contributed by atoms with van der Waals surface area (Å²) < 4.78 is 46.5. The van der Waals surface area contributed by atoms with Crippen molar-refractivity contribution >= 4 is 43.9 Å². The Balaban J connectivity index is 1.81. The van der Waals surface area contributed by atoms with Gasteiger partial charge in [-0.15, -0.1) is 16.4 Å². The summed E-state index contributed by atoms with van der Waals surface area (Å²) in [5, 5.41) is 8.81. The molecule has 0 saturated heterocycles. The van der Waals surface area contributed by atoms with Gasteiger partial charge in [0.1, 0.15) is 5.71 Å². The summed E-state index contributed by atoms with van der Waals surface area (Å²) in [5.41, 5.74) is 3.53. The smallest absolute Gasteiger partial charge is 0.408 e. The van der Waals surface area contributed by atoms with Crippen molar-refractivity contribution in [2.75, 3.05) is 0 Å². The average molecular weight is 429 g/mol. The van der Waals surface area contributed by atoms with Crippen molar-refractivity contribution in [3.63, 3.8) is 0 Å². The fourth-order valence-corrected chi connectivity index (χ4v) is 5.08. The molecule has 0 saturated carbocycles. The minimum Gasteiger partial charge on any atom is -0.408 e. The van der Waals surface area contributed by atoms with Crippen LogP contribution in [0.4, 0.5) is 13.2 Å². The van der Waals surface area contributed by atoms with E-state index in [4.69, 9.17) is 4.42 Å². The Morgan fingerprint density at radius 2 is 1.97 bits per heavy atom. The van der Waals surface area contributed by atoms with E-state index in [1.807, 2.05) is 6.92 Å². The number of halogens is 3. The molecule has 0 amide bonds. The van der Waals surface area contributed by atoms with Crippen LogP contribution in [0, 0.1) is 6.92 Å². The van der Waals surface area contributed by atoms with Crippen LogP contribution in [0.3, 0.4) is 0 Å². The molecule has 1 aliphatic heterocycles. The maximum atomic E-state index is 13.6. The van der Waals surface area contributed by atoms with Crippen molar-refractivity contribution in [2.24, 2.45) is 10.2 Å². The second kappa shape index (κ2) is 6.40. The van der Waals surface area contributed by atoms with Crippen molar-refractivity contribution in [3.05, 3.63) is 68.0 Å². The van der Waals surface area contributed by atoms with Crippen LogP contribution >= 0.6 is 11.3 Å². The van der Waals surface area contributed by atoms with Crippen LogP contribution in [0.2, 0.25) is 0 Å². The van der Waals surface area contributed by atoms with Gasteiger partial charge in [0.2, 0.25) is 0 Å². The van der Waals surface area contributed by atoms with E-state index in [9.17, 15) is 18.0 Å². The molecule has 1 aliphatic rings. The van der Waals surface area contributed by atoms with Crippen molar-refractivity contribution < 1.29 is 17.6 Å². The van der Waals surface area contributed by atoms with Crippen LogP contribution < -0.4 is 5.76 Å². The van der Waals surface area contributed by atoms with E-state index in [-0.39, 0.29) is 5.39 Å². The number of benzene rings is 2. The van der Waals surface area contributed by atoms with Crippen LogP contribution in [0.25, 0.3) is 21.2 Å². The Hall–Kier alpha value is -3.20. The molecule has 30 heavy (non-hydrogen) atoms. The molecule has 2 aromatic carbocycles. The third kappa shape index (κ3) is 2.88. The molecule has 152 valence electrons. The zero-order valence-corrected chi connectivity index (χ0v) is 16.7. The highest BCUT2D eigenvalue weighted by Gasteiger charge is 2.34. The van der Waals surface area contributed by atoms with E-state index < -0.39 is 17.5 Å². The topological polar surface area (TPSA) is 70.7 Å². The van der Waals surface area contributed by atoms with Gasteiger partial charge in [0.05, 0.1) is 16.0 Å². The van der Waals surface area contributed by atoms with Crippen molar-refractivity contribution in [2.45, 2.75) is 26.4 Å². The van der Waals surface area contributed by atoms with Gasteiger partial charge in [0, 0.05) is 27.8 Å². The van der Waals surface area contributed by atoms with E-state index in [1.54, 1.807) is 25.1 Å². The van der Waals surface area contributed by atoms with Gasteiger partial charge in [0.25, 0.3) is 0 Å². The first-order valence-electron chi connectivity index (χ1n) is 9.09. The molecule has 0 unspecified atom stereocenters. The molecule has 5 rings (SSSR count). The van der Waals surface area contributed by atoms with E-state index in [0.717, 1.165) is 17.3 Å². The second-order valence-electron chi connectivity index (χ2n) is 7.21. The molecule has 9 heteroatoms. The zero-order chi connectivity index (χ0) is 21.2. The minimum absolute atomic E-state index is 0.174. The Bertz CT molecular complexity index is 1450. The number of hydrogen-bond acceptors (Lipinski definition) is 5. The lowest BCUT2D eigenvalue weighted by molar-refractivity contribution is -0.136. The molecule has 0 radical (unpaired) electrons. The van der Waals surface area contributed by atoms with Gasteiger partial charge < -0.3 is 4.42 Å². The largest absolute Gasteiger partial charge is 0.417 e. The lowest BCUT2D eigenvalue weighted by atomic mass is 9.95. The Kier molecular flexibility index (Phi) is 4.01. The summed E-state index contributed by atoms with van der Waals surface area (Å²) in [6.45, 7) is 3.50. The van der Waals surface area contributed by atoms with Crippen LogP contribution in [0.5, 0.6) is 0 Å². The van der Waals surface area contributed by atoms with Crippen LogP contribution in [-0.2, 0) is 12.6 Å². The Morgan fingerprint density at radius 3 is 2.73 bits per heavy atom. The van der Waals surface area contributed by atoms with Gasteiger partial charge in [-0.3, -0.25) is 4.98 Å². The quantitative estimate of drug-likeness (QED) is 0.438. The molecule has 3 heterocycles. The maximum Gasteiger partial charge on any atom is 0.417 e. The number of alkyl halides is 3. The molecule has 2 aromatic heterocycles. The first-order chi connectivity index (χ1) is 14.2. The number of hydrogen-bond donors (Lipinski definition) is 1. The van der Waals surface area contributed by atoms with E-state index in [2.05, 4.69) is 15.2 Å². The minimum atomic E-state index is -4.46. The average Bonchev–Trinajstić information content (AvgIpc) is 3.14. The number of aromatic nitrogens is 1. The summed E-state index contributed by atoms with van der Waals surface area (Å²) in [5.74, 6) is -0.568. The van der Waals surface area contributed by atoms with Crippen molar-refractivity contribution in [1.29, 1.82) is 0 Å². The first-order valence-corrected chi connectivity index (χ1v) is 9.91. The number of nitrogens with zero attached hydrogens (tertiary/aromatic N) is 2. The lowest BCUT2D eigenvalue weighted by Crippen LogP contribution is -2.08. The van der Waals surface area contributed by atoms with E-state index in [1.165, 1.54) is 17.4 Å². The fourth-order valence-electron chi connectivity index (χ4n) is 3.84. The summed E-state index contributed by atoms with van der Waals surface area (Å²) in [6, 6.07) is 7.68.